The van der Waals surface area contributed by atoms with E-state index in [1.807, 2.05) is 0 Å². The quantitative estimate of drug-likeness (QED) is 0.398. The van der Waals surface area contributed by atoms with Gasteiger partial charge in [0.1, 0.15) is 17.1 Å². The van der Waals surface area contributed by atoms with Crippen molar-refractivity contribution in [1.82, 2.24) is 0 Å². The molecule has 96 valence electrons. The molecule has 0 atom stereocenters. The maximum absolute atomic E-state index is 11.8. The first-order valence-electron chi connectivity index (χ1n) is 5.40. The van der Waals surface area contributed by atoms with Crippen LogP contribution in [0, 0.1) is 0 Å². The molecule has 0 heterocycles. The van der Waals surface area contributed by atoms with Crippen molar-refractivity contribution in [3.8, 4) is 11.5 Å². The van der Waals surface area contributed by atoms with E-state index >= 15 is 0 Å². The summed E-state index contributed by atoms with van der Waals surface area (Å²) in [4.78, 5) is 22.7. The summed E-state index contributed by atoms with van der Waals surface area (Å²) in [5.41, 5.74) is -0.276. The van der Waals surface area contributed by atoms with Gasteiger partial charge in [0.05, 0.1) is 5.97 Å². The molecule has 1 N–H and O–H groups in total. The van der Waals surface area contributed by atoms with E-state index in [4.69, 9.17) is 4.74 Å². The number of phenolic OH excluding ortho intramolecular Hbond substituents is 1. The summed E-state index contributed by atoms with van der Waals surface area (Å²) < 4.78 is 4.95. The number of carboxylic acids is 1. The Morgan fingerprint density at radius 1 is 0.950 bits per heavy atom. The van der Waals surface area contributed by atoms with Gasteiger partial charge in [0.2, 0.25) is 0 Å². The maximum Gasteiger partial charge on any atom is 1.00 e. The fourth-order valence-electron chi connectivity index (χ4n) is 1.53. The molecule has 0 aliphatic rings. The van der Waals surface area contributed by atoms with E-state index in [0.717, 1.165) is 0 Å². The zero-order chi connectivity index (χ0) is 13.8. The predicted molar refractivity (Wildman–Crippen MR) is 63.8 cm³/mol. The van der Waals surface area contributed by atoms with Crippen molar-refractivity contribution in [2.45, 2.75) is 0 Å². The summed E-state index contributed by atoms with van der Waals surface area (Å²) in [6.07, 6.45) is 0. The van der Waals surface area contributed by atoms with Crippen LogP contribution in [-0.4, -0.2) is 17.0 Å². The molecule has 2 aromatic carbocycles. The zero-order valence-corrected chi connectivity index (χ0v) is 12.7. The van der Waals surface area contributed by atoms with Gasteiger partial charge in [0.25, 0.3) is 0 Å². The molecule has 0 unspecified atom stereocenters. The minimum Gasteiger partial charge on any atom is -0.545 e. The molecule has 0 saturated carbocycles. The fourth-order valence-corrected chi connectivity index (χ4v) is 1.53. The number of hydrogen-bond acceptors (Lipinski definition) is 5. The molecule has 0 spiro atoms. The average molecular weight is 280 g/mol. The standard InChI is InChI=1S/C14H10O5.Na/c15-11-7-3-1-5-9(11)14(18)19-12-8-4-2-6-10(12)13(16)17;/h1-8,15H,(H,16,17);/q;+1/p-1. The molecule has 0 aliphatic carbocycles. The minimum absolute atomic E-state index is 0. The van der Waals surface area contributed by atoms with E-state index in [1.54, 1.807) is 12.1 Å². The third kappa shape index (κ3) is 3.60. The number of phenols is 1. The van der Waals surface area contributed by atoms with Crippen LogP contribution in [0.5, 0.6) is 11.5 Å². The smallest absolute Gasteiger partial charge is 0.545 e. The largest absolute Gasteiger partial charge is 1.00 e. The van der Waals surface area contributed by atoms with Crippen LogP contribution in [0.3, 0.4) is 0 Å². The van der Waals surface area contributed by atoms with Gasteiger partial charge in [-0.25, -0.2) is 4.79 Å². The summed E-state index contributed by atoms with van der Waals surface area (Å²) in [6.45, 7) is 0. The molecule has 0 aromatic heterocycles. The van der Waals surface area contributed by atoms with Crippen LogP contribution in [-0.2, 0) is 0 Å². The van der Waals surface area contributed by atoms with Crippen molar-refractivity contribution in [3.05, 3.63) is 59.7 Å². The fraction of sp³-hybridized carbons (Fsp3) is 0. The summed E-state index contributed by atoms with van der Waals surface area (Å²) in [5.74, 6) is -2.65. The monoisotopic (exact) mass is 280 g/mol. The molecule has 0 saturated heterocycles. The zero-order valence-electron chi connectivity index (χ0n) is 10.7. The van der Waals surface area contributed by atoms with E-state index in [2.05, 4.69) is 0 Å². The van der Waals surface area contributed by atoms with Crippen molar-refractivity contribution in [1.29, 1.82) is 0 Å². The molecule has 0 amide bonds. The number of rotatable bonds is 3. The molecule has 5 nitrogen and oxygen atoms in total. The number of aromatic carboxylic acids is 1. The van der Waals surface area contributed by atoms with Gasteiger partial charge in [-0.1, -0.05) is 24.3 Å². The van der Waals surface area contributed by atoms with Gasteiger partial charge in [-0.2, -0.15) is 0 Å². The second kappa shape index (κ2) is 7.09. The second-order valence-electron chi connectivity index (χ2n) is 3.69. The van der Waals surface area contributed by atoms with E-state index in [-0.39, 0.29) is 52.2 Å². The molecule has 2 rings (SSSR count). The van der Waals surface area contributed by atoms with Crippen molar-refractivity contribution < 1.29 is 54.1 Å². The number of aromatic hydroxyl groups is 1. The van der Waals surface area contributed by atoms with Gasteiger partial charge >= 0.3 is 35.5 Å². The Labute approximate surface area is 137 Å². The van der Waals surface area contributed by atoms with Crippen LogP contribution in [0.4, 0.5) is 0 Å². The number of benzene rings is 2. The van der Waals surface area contributed by atoms with Crippen LogP contribution in [0.1, 0.15) is 20.7 Å². The van der Waals surface area contributed by atoms with Crippen molar-refractivity contribution in [2.24, 2.45) is 0 Å². The average Bonchev–Trinajstić information content (AvgIpc) is 2.39. The van der Waals surface area contributed by atoms with Crippen LogP contribution in [0.2, 0.25) is 0 Å². The summed E-state index contributed by atoms with van der Waals surface area (Å²) >= 11 is 0. The summed E-state index contributed by atoms with van der Waals surface area (Å²) in [5, 5.41) is 20.4. The van der Waals surface area contributed by atoms with Crippen LogP contribution >= 0.6 is 0 Å². The molecule has 6 heteroatoms. The molecular formula is C14H9NaO5. The van der Waals surface area contributed by atoms with Gasteiger partial charge in [0.15, 0.2) is 0 Å². The first-order valence-corrected chi connectivity index (χ1v) is 5.40. The Morgan fingerprint density at radius 2 is 1.50 bits per heavy atom. The van der Waals surface area contributed by atoms with Gasteiger partial charge in [0, 0.05) is 5.56 Å². The Morgan fingerprint density at radius 3 is 2.10 bits per heavy atom. The topological polar surface area (TPSA) is 86.7 Å². The van der Waals surface area contributed by atoms with Crippen molar-refractivity contribution >= 4 is 11.9 Å². The second-order valence-corrected chi connectivity index (χ2v) is 3.69. The molecule has 0 bridgehead atoms. The van der Waals surface area contributed by atoms with Crippen molar-refractivity contribution in [2.75, 3.05) is 0 Å². The molecule has 2 aromatic rings. The molecule has 0 radical (unpaired) electrons. The molecule has 0 fully saturated rings. The Bertz CT molecular complexity index is 639. The summed E-state index contributed by atoms with van der Waals surface area (Å²) in [6, 6.07) is 11.4. The number of esters is 1. The number of carboxylic acid groups (broad SMARTS) is 1. The maximum atomic E-state index is 11.8. The van der Waals surface area contributed by atoms with Gasteiger partial charge in [-0.3, -0.25) is 0 Å². The Kier molecular flexibility index (Phi) is 5.76. The number of carbonyl (C=O) groups is 2. The van der Waals surface area contributed by atoms with Crippen LogP contribution in [0.25, 0.3) is 0 Å². The van der Waals surface area contributed by atoms with E-state index in [9.17, 15) is 19.8 Å². The summed E-state index contributed by atoms with van der Waals surface area (Å²) in [7, 11) is 0. The molecular weight excluding hydrogens is 271 g/mol. The normalized spacial score (nSPS) is 9.40. The number of carbonyl (C=O) groups excluding carboxylic acids is 2. The van der Waals surface area contributed by atoms with Gasteiger partial charge in [-0.05, 0) is 24.3 Å². The van der Waals surface area contributed by atoms with Gasteiger partial charge < -0.3 is 19.7 Å². The third-order valence-electron chi connectivity index (χ3n) is 2.43. The van der Waals surface area contributed by atoms with E-state index in [1.165, 1.54) is 36.4 Å². The van der Waals surface area contributed by atoms with Crippen LogP contribution < -0.4 is 39.4 Å². The Hall–Kier alpha value is -1.82. The van der Waals surface area contributed by atoms with Crippen molar-refractivity contribution in [3.63, 3.8) is 0 Å². The van der Waals surface area contributed by atoms with Crippen LogP contribution in [0.15, 0.2) is 48.5 Å². The predicted octanol–water partition coefficient (Wildman–Crippen LogP) is -2.02. The first kappa shape index (κ1) is 16.2. The number of hydrogen-bond donors (Lipinski definition) is 1. The molecule has 20 heavy (non-hydrogen) atoms. The molecule has 0 aliphatic heterocycles. The van der Waals surface area contributed by atoms with Gasteiger partial charge in [-0.15, -0.1) is 0 Å². The third-order valence-corrected chi connectivity index (χ3v) is 2.43. The number of para-hydroxylation sites is 2. The van der Waals surface area contributed by atoms with E-state index in [0.29, 0.717) is 0 Å². The van der Waals surface area contributed by atoms with E-state index < -0.39 is 11.9 Å². The first-order chi connectivity index (χ1) is 9.09. The Balaban J connectivity index is 0.00000200. The minimum atomic E-state index is -1.44. The number of ether oxygens (including phenoxy) is 1. The SMILES string of the molecule is O=C(Oc1ccccc1C(=O)[O-])c1ccccc1O.[Na+].